The summed E-state index contributed by atoms with van der Waals surface area (Å²) in [4.78, 5) is 15.3. The Kier molecular flexibility index (Phi) is 5.90. The second kappa shape index (κ2) is 9.12. The highest BCUT2D eigenvalue weighted by molar-refractivity contribution is 5.79. The number of hydrogen-bond acceptors (Lipinski definition) is 6. The average molecular weight is 437 g/mol. The molecule has 168 valence electrons. The lowest BCUT2D eigenvalue weighted by atomic mass is 9.87. The minimum Gasteiger partial charge on any atom is -0.486 e. The molecule has 1 amide bonds. The minimum absolute atomic E-state index is 0.0140. The summed E-state index contributed by atoms with van der Waals surface area (Å²) in [5.74, 6) is 3.13. The zero-order chi connectivity index (χ0) is 21.8. The van der Waals surface area contributed by atoms with Gasteiger partial charge in [-0.2, -0.15) is 0 Å². The van der Waals surface area contributed by atoms with Crippen molar-refractivity contribution in [3.05, 3.63) is 72.1 Å². The van der Waals surface area contributed by atoms with Gasteiger partial charge in [0.1, 0.15) is 24.7 Å². The number of carbonyl (C=O) groups is 1. The first-order valence-corrected chi connectivity index (χ1v) is 11.2. The summed E-state index contributed by atoms with van der Waals surface area (Å²) in [5.41, 5.74) is 0.699. The van der Waals surface area contributed by atoms with Gasteiger partial charge in [0.25, 0.3) is 0 Å². The second-order valence-corrected chi connectivity index (χ2v) is 8.50. The zero-order valence-electron chi connectivity index (χ0n) is 18.0. The number of carbonyl (C=O) groups excluding carboxylic acids is 1. The summed E-state index contributed by atoms with van der Waals surface area (Å²) >= 11 is 0. The summed E-state index contributed by atoms with van der Waals surface area (Å²) in [6, 6.07) is 13.6. The molecule has 7 nitrogen and oxygen atoms in total. The van der Waals surface area contributed by atoms with Crippen molar-refractivity contribution in [1.29, 1.82) is 0 Å². The third kappa shape index (κ3) is 4.53. The summed E-state index contributed by atoms with van der Waals surface area (Å²) in [5, 5.41) is 3.37. The van der Waals surface area contributed by atoms with Crippen LogP contribution in [0.3, 0.4) is 0 Å². The van der Waals surface area contributed by atoms with E-state index >= 15 is 0 Å². The predicted octanol–water partition coefficient (Wildman–Crippen LogP) is 4.23. The number of nitrogens with one attached hydrogen (secondary N) is 1. The van der Waals surface area contributed by atoms with Crippen molar-refractivity contribution >= 4 is 5.91 Å². The van der Waals surface area contributed by atoms with Crippen molar-refractivity contribution in [1.82, 2.24) is 10.2 Å². The summed E-state index contributed by atoms with van der Waals surface area (Å²) in [6.45, 7) is 2.41. The summed E-state index contributed by atoms with van der Waals surface area (Å²) < 4.78 is 22.5. The highest BCUT2D eigenvalue weighted by Crippen LogP contribution is 2.42. The molecule has 0 spiro atoms. The van der Waals surface area contributed by atoms with Crippen LogP contribution in [0.5, 0.6) is 11.5 Å². The number of benzene rings is 1. The summed E-state index contributed by atoms with van der Waals surface area (Å²) in [7, 11) is 0. The number of furan rings is 2. The van der Waals surface area contributed by atoms with Gasteiger partial charge < -0.3 is 23.6 Å². The van der Waals surface area contributed by atoms with Gasteiger partial charge in [0.05, 0.1) is 37.7 Å². The largest absolute Gasteiger partial charge is 0.486 e. The molecule has 2 aromatic heterocycles. The van der Waals surface area contributed by atoms with Crippen LogP contribution in [0.15, 0.2) is 63.8 Å². The van der Waals surface area contributed by atoms with Gasteiger partial charge in [0.15, 0.2) is 11.5 Å². The third-order valence-electron chi connectivity index (χ3n) is 6.22. The van der Waals surface area contributed by atoms with E-state index in [1.165, 1.54) is 0 Å². The molecule has 1 saturated carbocycles. The first-order chi connectivity index (χ1) is 15.7. The molecule has 0 atom stereocenters. The number of ether oxygens (including phenoxy) is 2. The van der Waals surface area contributed by atoms with Crippen LogP contribution >= 0.6 is 0 Å². The predicted molar refractivity (Wildman–Crippen MR) is 117 cm³/mol. The highest BCUT2D eigenvalue weighted by Gasteiger charge is 2.38. The Morgan fingerprint density at radius 1 is 0.906 bits per heavy atom. The van der Waals surface area contributed by atoms with Gasteiger partial charge in [0.2, 0.25) is 5.91 Å². The Morgan fingerprint density at radius 2 is 1.56 bits per heavy atom. The molecule has 3 heterocycles. The summed E-state index contributed by atoms with van der Waals surface area (Å²) in [6.07, 6.45) is 7.28. The van der Waals surface area contributed by atoms with Crippen LogP contribution in [-0.2, 0) is 23.4 Å². The van der Waals surface area contributed by atoms with Gasteiger partial charge in [0, 0.05) is 0 Å². The molecule has 5 rings (SSSR count). The topological polar surface area (TPSA) is 77.1 Å². The molecule has 32 heavy (non-hydrogen) atoms. The number of fused-ring (bicyclic) bond motifs is 1. The first kappa shape index (κ1) is 20.7. The van der Waals surface area contributed by atoms with Crippen LogP contribution in [-0.4, -0.2) is 30.6 Å². The molecule has 1 fully saturated rings. The van der Waals surface area contributed by atoms with E-state index in [9.17, 15) is 4.79 Å². The number of nitrogens with zero attached hydrogens (tertiary/aromatic N) is 1. The van der Waals surface area contributed by atoms with E-state index < -0.39 is 0 Å². The van der Waals surface area contributed by atoms with Gasteiger partial charge in [-0.1, -0.05) is 18.9 Å². The molecule has 3 aromatic rings. The van der Waals surface area contributed by atoms with Crippen LogP contribution in [0.1, 0.15) is 42.8 Å². The molecule has 7 heteroatoms. The van der Waals surface area contributed by atoms with Gasteiger partial charge in [-0.25, -0.2) is 0 Å². The normalized spacial score (nSPS) is 16.9. The highest BCUT2D eigenvalue weighted by atomic mass is 16.6. The lowest BCUT2D eigenvalue weighted by Crippen LogP contribution is -2.47. The lowest BCUT2D eigenvalue weighted by molar-refractivity contribution is -0.124. The molecule has 0 unspecified atom stereocenters. The fourth-order valence-corrected chi connectivity index (χ4v) is 4.73. The van der Waals surface area contributed by atoms with Crippen molar-refractivity contribution in [3.8, 4) is 11.5 Å². The van der Waals surface area contributed by atoms with Crippen LogP contribution in [0.25, 0.3) is 0 Å². The number of amides is 1. The zero-order valence-corrected chi connectivity index (χ0v) is 18.0. The van der Waals surface area contributed by atoms with Crippen molar-refractivity contribution in [2.75, 3.05) is 19.8 Å². The maximum Gasteiger partial charge on any atom is 0.234 e. The van der Waals surface area contributed by atoms with E-state index in [4.69, 9.17) is 18.3 Å². The third-order valence-corrected chi connectivity index (χ3v) is 6.22. The van der Waals surface area contributed by atoms with E-state index in [1.807, 2.05) is 41.3 Å². The van der Waals surface area contributed by atoms with Crippen LogP contribution < -0.4 is 14.8 Å². The number of hydrogen-bond donors (Lipinski definition) is 1. The van der Waals surface area contributed by atoms with Gasteiger partial charge in [-0.3, -0.25) is 9.69 Å². The lowest BCUT2D eigenvalue weighted by Gasteiger charge is -2.33. The average Bonchev–Trinajstić information content (AvgIpc) is 3.57. The van der Waals surface area contributed by atoms with Gasteiger partial charge >= 0.3 is 0 Å². The van der Waals surface area contributed by atoms with Gasteiger partial charge in [-0.15, -0.1) is 0 Å². The standard InChI is InChI=1S/C25H28N2O5/c28-24(18-27(16-20-5-3-11-29-20)17-21-6-4-12-30-21)26-25(9-1-2-10-25)19-7-8-22-23(15-19)32-14-13-31-22/h3-8,11-12,15H,1-2,9-10,13-14,16-18H2,(H,26,28). The molecule has 1 N–H and O–H groups in total. The minimum atomic E-state index is -0.381. The van der Waals surface area contributed by atoms with Crippen molar-refractivity contribution < 1.29 is 23.1 Å². The Labute approximate surface area is 187 Å². The van der Waals surface area contributed by atoms with E-state index in [0.29, 0.717) is 26.3 Å². The Balaban J connectivity index is 1.32. The molecule has 1 aromatic carbocycles. The van der Waals surface area contributed by atoms with Crippen LogP contribution in [0.2, 0.25) is 0 Å². The fraction of sp³-hybridized carbons (Fsp3) is 0.400. The quantitative estimate of drug-likeness (QED) is 0.569. The molecule has 0 radical (unpaired) electrons. The smallest absolute Gasteiger partial charge is 0.234 e. The monoisotopic (exact) mass is 436 g/mol. The molecule has 1 aliphatic heterocycles. The molecule has 2 aliphatic rings. The Bertz CT molecular complexity index is 987. The molecular formula is C25H28N2O5. The van der Waals surface area contributed by atoms with E-state index in [2.05, 4.69) is 11.4 Å². The van der Waals surface area contributed by atoms with Gasteiger partial charge in [-0.05, 0) is 54.8 Å². The van der Waals surface area contributed by atoms with Crippen LogP contribution in [0.4, 0.5) is 0 Å². The molecule has 0 saturated heterocycles. The second-order valence-electron chi connectivity index (χ2n) is 8.50. The maximum atomic E-state index is 13.3. The molecule has 1 aliphatic carbocycles. The van der Waals surface area contributed by atoms with Crippen molar-refractivity contribution in [2.45, 2.75) is 44.3 Å². The SMILES string of the molecule is O=C(CN(Cc1ccco1)Cc1ccco1)NC1(c2ccc3c(c2)OCCO3)CCCC1. The van der Waals surface area contributed by atoms with Crippen molar-refractivity contribution in [3.63, 3.8) is 0 Å². The molecular weight excluding hydrogens is 408 g/mol. The Morgan fingerprint density at radius 3 is 2.19 bits per heavy atom. The first-order valence-electron chi connectivity index (χ1n) is 11.2. The fourth-order valence-electron chi connectivity index (χ4n) is 4.73. The Hall–Kier alpha value is -3.19. The van der Waals surface area contributed by atoms with E-state index in [1.54, 1.807) is 12.5 Å². The van der Waals surface area contributed by atoms with Crippen molar-refractivity contribution in [2.24, 2.45) is 0 Å². The van der Waals surface area contributed by atoms with Crippen LogP contribution in [0, 0.1) is 0 Å². The molecule has 0 bridgehead atoms. The maximum absolute atomic E-state index is 13.3. The van der Waals surface area contributed by atoms with E-state index in [0.717, 1.165) is 54.3 Å². The van der Waals surface area contributed by atoms with E-state index in [-0.39, 0.29) is 18.0 Å². The number of rotatable bonds is 8.